The molecule has 2 heterocycles. The van der Waals surface area contributed by atoms with Gasteiger partial charge in [0.05, 0.1) is 12.2 Å². The first-order valence-corrected chi connectivity index (χ1v) is 5.06. The van der Waals surface area contributed by atoms with Gasteiger partial charge < -0.3 is 16.8 Å². The number of nitrogens with two attached hydrogens (primary N) is 2. The van der Waals surface area contributed by atoms with Gasteiger partial charge in [-0.3, -0.25) is 0 Å². The quantitative estimate of drug-likeness (QED) is 0.698. The highest BCUT2D eigenvalue weighted by Gasteiger charge is 2.00. The lowest BCUT2D eigenvalue weighted by molar-refractivity contribution is 0.949. The molecular formula is C10H13N7. The summed E-state index contributed by atoms with van der Waals surface area (Å²) in [5.41, 5.74) is 11.9. The number of nitrogens with one attached hydrogen (secondary N) is 1. The molecule has 5 N–H and O–H groups in total. The monoisotopic (exact) mass is 231 g/mol. The maximum atomic E-state index is 5.56. The molecule has 7 nitrogen and oxygen atoms in total. The molecule has 2 aromatic rings. The molecule has 2 aromatic heterocycles. The van der Waals surface area contributed by atoms with Crippen LogP contribution in [0.15, 0.2) is 18.3 Å². The van der Waals surface area contributed by atoms with Gasteiger partial charge in [0.15, 0.2) is 0 Å². The summed E-state index contributed by atoms with van der Waals surface area (Å²) in [7, 11) is 0. The Balaban J connectivity index is 2.07. The lowest BCUT2D eigenvalue weighted by Crippen LogP contribution is -2.07. The first-order valence-electron chi connectivity index (χ1n) is 5.06. The Labute approximate surface area is 98.3 Å². The maximum absolute atomic E-state index is 5.56. The predicted octanol–water partition coefficient (Wildman–Crippen LogP) is 0.352. The van der Waals surface area contributed by atoms with Gasteiger partial charge in [-0.05, 0) is 13.0 Å². The van der Waals surface area contributed by atoms with E-state index in [1.165, 1.54) is 0 Å². The van der Waals surface area contributed by atoms with Crippen molar-refractivity contribution in [2.24, 2.45) is 0 Å². The van der Waals surface area contributed by atoms with Crippen molar-refractivity contribution in [3.8, 4) is 0 Å². The van der Waals surface area contributed by atoms with Gasteiger partial charge in [0.25, 0.3) is 0 Å². The van der Waals surface area contributed by atoms with Gasteiger partial charge in [-0.1, -0.05) is 0 Å². The molecule has 0 aliphatic carbocycles. The summed E-state index contributed by atoms with van der Waals surface area (Å²) < 4.78 is 0. The van der Waals surface area contributed by atoms with E-state index in [9.17, 15) is 0 Å². The molecule has 0 unspecified atom stereocenters. The van der Waals surface area contributed by atoms with Crippen molar-refractivity contribution in [1.82, 2.24) is 19.9 Å². The molecule has 0 saturated heterocycles. The van der Waals surface area contributed by atoms with Crippen molar-refractivity contribution < 1.29 is 0 Å². The Kier molecular flexibility index (Phi) is 2.99. The number of anilines is 3. The maximum Gasteiger partial charge on any atom is 0.223 e. The summed E-state index contributed by atoms with van der Waals surface area (Å²) >= 11 is 0. The number of rotatable bonds is 3. The van der Waals surface area contributed by atoms with E-state index >= 15 is 0 Å². The summed E-state index contributed by atoms with van der Waals surface area (Å²) in [5.74, 6) is 1.78. The third-order valence-corrected chi connectivity index (χ3v) is 2.05. The molecule has 0 aliphatic heterocycles. The van der Waals surface area contributed by atoms with Crippen LogP contribution in [0.5, 0.6) is 0 Å². The number of aromatic nitrogens is 4. The highest BCUT2D eigenvalue weighted by molar-refractivity contribution is 5.48. The van der Waals surface area contributed by atoms with Crippen molar-refractivity contribution in [2.45, 2.75) is 13.5 Å². The lowest BCUT2D eigenvalue weighted by atomic mass is 10.4. The van der Waals surface area contributed by atoms with Crippen LogP contribution in [-0.2, 0) is 6.54 Å². The van der Waals surface area contributed by atoms with E-state index in [-0.39, 0.29) is 5.95 Å². The fourth-order valence-electron chi connectivity index (χ4n) is 1.36. The van der Waals surface area contributed by atoms with Crippen LogP contribution in [0.3, 0.4) is 0 Å². The van der Waals surface area contributed by atoms with Crippen LogP contribution in [0, 0.1) is 6.92 Å². The zero-order chi connectivity index (χ0) is 12.3. The SMILES string of the molecule is Cc1nccc(CNc2cc(N)nc(N)n2)n1. The van der Waals surface area contributed by atoms with Gasteiger partial charge in [0.2, 0.25) is 5.95 Å². The van der Waals surface area contributed by atoms with Gasteiger partial charge >= 0.3 is 0 Å². The molecule has 7 heteroatoms. The van der Waals surface area contributed by atoms with Crippen LogP contribution in [0.2, 0.25) is 0 Å². The predicted molar refractivity (Wildman–Crippen MR) is 65.0 cm³/mol. The van der Waals surface area contributed by atoms with E-state index in [1.807, 2.05) is 13.0 Å². The Hall–Kier alpha value is -2.44. The number of nitrogens with zero attached hydrogens (tertiary/aromatic N) is 4. The van der Waals surface area contributed by atoms with E-state index < -0.39 is 0 Å². The molecule has 0 fully saturated rings. The molecule has 0 aromatic carbocycles. The summed E-state index contributed by atoms with van der Waals surface area (Å²) in [5, 5.41) is 3.07. The van der Waals surface area contributed by atoms with Gasteiger partial charge in [-0.2, -0.15) is 9.97 Å². The largest absolute Gasteiger partial charge is 0.383 e. The number of hydrogen-bond donors (Lipinski definition) is 3. The van der Waals surface area contributed by atoms with Gasteiger partial charge in [0.1, 0.15) is 17.5 Å². The fourth-order valence-corrected chi connectivity index (χ4v) is 1.36. The van der Waals surface area contributed by atoms with E-state index in [1.54, 1.807) is 12.3 Å². The zero-order valence-corrected chi connectivity index (χ0v) is 9.38. The Bertz CT molecular complexity index is 506. The van der Waals surface area contributed by atoms with Crippen LogP contribution in [-0.4, -0.2) is 19.9 Å². The molecule has 0 aliphatic rings. The average molecular weight is 231 g/mol. The van der Waals surface area contributed by atoms with E-state index in [0.717, 1.165) is 11.5 Å². The molecule has 0 spiro atoms. The van der Waals surface area contributed by atoms with Gasteiger partial charge in [0, 0.05) is 12.3 Å². The molecule has 17 heavy (non-hydrogen) atoms. The Morgan fingerprint density at radius 2 is 2.06 bits per heavy atom. The Morgan fingerprint density at radius 1 is 1.24 bits per heavy atom. The van der Waals surface area contributed by atoms with E-state index in [2.05, 4.69) is 25.3 Å². The van der Waals surface area contributed by atoms with Crippen LogP contribution in [0.1, 0.15) is 11.5 Å². The van der Waals surface area contributed by atoms with E-state index in [4.69, 9.17) is 11.5 Å². The molecular weight excluding hydrogens is 218 g/mol. The molecule has 0 atom stereocenters. The molecule has 2 rings (SSSR count). The minimum atomic E-state index is 0.145. The van der Waals surface area contributed by atoms with Crippen molar-refractivity contribution in [3.05, 3.63) is 29.8 Å². The number of hydrogen-bond acceptors (Lipinski definition) is 7. The summed E-state index contributed by atoms with van der Waals surface area (Å²) in [4.78, 5) is 16.1. The van der Waals surface area contributed by atoms with Crippen LogP contribution in [0.4, 0.5) is 17.6 Å². The fraction of sp³-hybridized carbons (Fsp3) is 0.200. The van der Waals surface area contributed by atoms with E-state index in [0.29, 0.717) is 18.2 Å². The zero-order valence-electron chi connectivity index (χ0n) is 9.38. The highest BCUT2D eigenvalue weighted by Crippen LogP contribution is 2.10. The molecule has 88 valence electrons. The van der Waals surface area contributed by atoms with Crippen LogP contribution in [0.25, 0.3) is 0 Å². The topological polar surface area (TPSA) is 116 Å². The number of aryl methyl sites for hydroxylation is 1. The van der Waals surface area contributed by atoms with Crippen molar-refractivity contribution in [3.63, 3.8) is 0 Å². The van der Waals surface area contributed by atoms with Crippen molar-refractivity contribution in [1.29, 1.82) is 0 Å². The summed E-state index contributed by atoms with van der Waals surface area (Å²) in [6, 6.07) is 3.44. The minimum absolute atomic E-state index is 0.145. The van der Waals surface area contributed by atoms with Gasteiger partial charge in [-0.25, -0.2) is 9.97 Å². The van der Waals surface area contributed by atoms with Crippen LogP contribution < -0.4 is 16.8 Å². The van der Waals surface area contributed by atoms with Crippen molar-refractivity contribution in [2.75, 3.05) is 16.8 Å². The first kappa shape index (κ1) is 11.1. The third-order valence-electron chi connectivity index (χ3n) is 2.05. The smallest absolute Gasteiger partial charge is 0.223 e. The summed E-state index contributed by atoms with van der Waals surface area (Å²) in [6.07, 6.45) is 1.71. The van der Waals surface area contributed by atoms with Crippen molar-refractivity contribution >= 4 is 17.6 Å². The molecule has 0 radical (unpaired) electrons. The normalized spacial score (nSPS) is 10.2. The number of nitrogen functional groups attached to an aromatic ring is 2. The minimum Gasteiger partial charge on any atom is -0.383 e. The average Bonchev–Trinajstić information content (AvgIpc) is 2.25. The lowest BCUT2D eigenvalue weighted by Gasteiger charge is -2.06. The first-order chi connectivity index (χ1) is 8.13. The molecule has 0 amide bonds. The van der Waals surface area contributed by atoms with Gasteiger partial charge in [-0.15, -0.1) is 0 Å². The summed E-state index contributed by atoms with van der Waals surface area (Å²) in [6.45, 7) is 2.36. The highest BCUT2D eigenvalue weighted by atomic mass is 15.1. The Morgan fingerprint density at radius 3 is 2.76 bits per heavy atom. The second-order valence-corrected chi connectivity index (χ2v) is 3.48. The second kappa shape index (κ2) is 4.60. The van der Waals surface area contributed by atoms with Crippen LogP contribution >= 0.6 is 0 Å². The molecule has 0 bridgehead atoms. The molecule has 0 saturated carbocycles. The second-order valence-electron chi connectivity index (χ2n) is 3.48. The standard InChI is InChI=1S/C10H13N7/c1-6-13-3-2-7(15-6)5-14-9-4-8(11)16-10(12)17-9/h2-4H,5H2,1H3,(H5,11,12,14,16,17). The third kappa shape index (κ3) is 3.00.